The molecule has 5 rings (SSSR count). The first-order valence-corrected chi connectivity index (χ1v) is 13.5. The lowest BCUT2D eigenvalue weighted by Gasteiger charge is -2.29. The first kappa shape index (κ1) is 26.5. The molecule has 196 valence electrons. The monoisotopic (exact) mass is 558 g/mol. The van der Waals surface area contributed by atoms with Crippen LogP contribution in [0.5, 0.6) is 0 Å². The van der Waals surface area contributed by atoms with Gasteiger partial charge in [-0.1, -0.05) is 78.4 Å². The van der Waals surface area contributed by atoms with Gasteiger partial charge in [0.25, 0.3) is 5.91 Å². The third kappa shape index (κ3) is 5.41. The molecular formula is C31H24ClFN2O3S. The molecule has 4 unspecified atom stereocenters. The van der Waals surface area contributed by atoms with Crippen LogP contribution in [0.4, 0.5) is 4.39 Å². The largest absolute Gasteiger partial charge is 0.368 e. The van der Waals surface area contributed by atoms with Crippen LogP contribution in [-0.4, -0.2) is 34.6 Å². The summed E-state index contributed by atoms with van der Waals surface area (Å²) < 4.78 is 14.2. The number of primary amides is 1. The number of thiophene rings is 1. The van der Waals surface area contributed by atoms with Crippen molar-refractivity contribution in [2.45, 2.75) is 18.0 Å². The number of halogens is 2. The van der Waals surface area contributed by atoms with E-state index in [0.717, 1.165) is 16.5 Å². The smallest absolute Gasteiger partial charge is 0.255 e. The van der Waals surface area contributed by atoms with Crippen LogP contribution in [0.3, 0.4) is 0 Å². The lowest BCUT2D eigenvalue weighted by molar-refractivity contribution is -0.122. The minimum atomic E-state index is -1.15. The number of benzene rings is 3. The summed E-state index contributed by atoms with van der Waals surface area (Å²) in [6.45, 7) is 0. The second-order valence-electron chi connectivity index (χ2n) is 9.27. The molecule has 1 aromatic heterocycles. The number of amides is 2. The number of hydrogen-bond donors (Lipinski definition) is 1. The van der Waals surface area contributed by atoms with E-state index in [1.807, 2.05) is 53.9 Å². The van der Waals surface area contributed by atoms with E-state index in [4.69, 9.17) is 17.3 Å². The normalized spacial score (nSPS) is 20.8. The van der Waals surface area contributed by atoms with E-state index in [-0.39, 0.29) is 11.3 Å². The summed E-state index contributed by atoms with van der Waals surface area (Å²) >= 11 is 7.61. The Morgan fingerprint density at radius 1 is 0.897 bits per heavy atom. The van der Waals surface area contributed by atoms with E-state index in [1.54, 1.807) is 30.3 Å². The molecule has 1 saturated heterocycles. The Morgan fingerprint density at radius 2 is 1.64 bits per heavy atom. The predicted molar refractivity (Wildman–Crippen MR) is 151 cm³/mol. The molecule has 1 fully saturated rings. The molecule has 4 atom stereocenters. The zero-order valence-corrected chi connectivity index (χ0v) is 22.2. The van der Waals surface area contributed by atoms with Crippen molar-refractivity contribution in [2.24, 2.45) is 11.7 Å². The van der Waals surface area contributed by atoms with Crippen molar-refractivity contribution < 1.29 is 18.8 Å². The maximum Gasteiger partial charge on any atom is 0.255 e. The molecule has 2 amide bonds. The number of carbonyl (C=O) groups excluding carboxylic acids is 3. The van der Waals surface area contributed by atoms with Crippen molar-refractivity contribution in [3.05, 3.63) is 135 Å². The summed E-state index contributed by atoms with van der Waals surface area (Å²) in [5.41, 5.74) is 7.23. The van der Waals surface area contributed by atoms with Gasteiger partial charge in [0.1, 0.15) is 11.9 Å². The maximum atomic E-state index is 14.2. The summed E-state index contributed by atoms with van der Waals surface area (Å²) in [4.78, 5) is 43.4. The van der Waals surface area contributed by atoms with Crippen molar-refractivity contribution in [1.29, 1.82) is 0 Å². The summed E-state index contributed by atoms with van der Waals surface area (Å²) in [5, 5.41) is 2.24. The second-order valence-corrected chi connectivity index (χ2v) is 10.7. The van der Waals surface area contributed by atoms with Crippen LogP contribution in [-0.2, 0) is 4.79 Å². The second kappa shape index (κ2) is 11.4. The van der Waals surface area contributed by atoms with Gasteiger partial charge in [-0.05, 0) is 47.3 Å². The number of nitrogens with two attached hydrogens (primary N) is 1. The van der Waals surface area contributed by atoms with Gasteiger partial charge in [0.2, 0.25) is 5.91 Å². The number of nitrogens with zero attached hydrogens (tertiary/aromatic N) is 1. The number of ketones is 1. The van der Waals surface area contributed by atoms with Gasteiger partial charge in [0.15, 0.2) is 5.78 Å². The van der Waals surface area contributed by atoms with E-state index in [9.17, 15) is 18.8 Å². The molecule has 2 heterocycles. The molecule has 39 heavy (non-hydrogen) atoms. The van der Waals surface area contributed by atoms with Crippen molar-refractivity contribution in [1.82, 2.24) is 4.90 Å². The molecule has 5 nitrogen and oxygen atoms in total. The highest BCUT2D eigenvalue weighted by molar-refractivity contribution is 7.10. The fourth-order valence-electron chi connectivity index (χ4n) is 5.24. The van der Waals surface area contributed by atoms with Crippen molar-refractivity contribution in [3.63, 3.8) is 0 Å². The third-order valence-corrected chi connectivity index (χ3v) is 8.09. The number of likely N-dealkylation sites (tertiary alicyclic amines) is 1. The van der Waals surface area contributed by atoms with E-state index in [2.05, 4.69) is 0 Å². The van der Waals surface area contributed by atoms with Crippen LogP contribution in [0.25, 0.3) is 6.08 Å². The zero-order valence-electron chi connectivity index (χ0n) is 20.6. The molecular weight excluding hydrogens is 535 g/mol. The molecule has 8 heteroatoms. The minimum Gasteiger partial charge on any atom is -0.368 e. The molecule has 0 bridgehead atoms. The molecule has 0 saturated carbocycles. The van der Waals surface area contributed by atoms with Gasteiger partial charge in [-0.25, -0.2) is 4.39 Å². The van der Waals surface area contributed by atoms with Crippen LogP contribution in [0.2, 0.25) is 5.02 Å². The van der Waals surface area contributed by atoms with Gasteiger partial charge in [0.05, 0.1) is 12.0 Å². The van der Waals surface area contributed by atoms with Crippen LogP contribution in [0.1, 0.15) is 37.1 Å². The standard InChI is InChI=1S/C31H24ClFN2O3S/c32-22-11-4-9-20(17-22)29(36)26-24(15-14-19-7-2-1-3-8-19)35(31(38)21-10-5-12-23(33)18-21)28(30(34)37)27(26)25-13-6-16-39-25/h1-18,24,26-28H,(H2,34,37). The fourth-order valence-corrected chi connectivity index (χ4v) is 6.33. The minimum absolute atomic E-state index is 0.0557. The molecule has 0 radical (unpaired) electrons. The maximum absolute atomic E-state index is 14.2. The zero-order chi connectivity index (χ0) is 27.5. The van der Waals surface area contributed by atoms with E-state index in [1.165, 1.54) is 34.4 Å². The van der Waals surface area contributed by atoms with E-state index in [0.29, 0.717) is 10.6 Å². The van der Waals surface area contributed by atoms with Gasteiger partial charge in [-0.3, -0.25) is 14.4 Å². The van der Waals surface area contributed by atoms with Gasteiger partial charge < -0.3 is 10.6 Å². The van der Waals surface area contributed by atoms with Gasteiger partial charge >= 0.3 is 0 Å². The first-order valence-electron chi connectivity index (χ1n) is 12.3. The average molecular weight is 559 g/mol. The van der Waals surface area contributed by atoms with E-state index < -0.39 is 41.6 Å². The Bertz CT molecular complexity index is 1540. The highest BCUT2D eigenvalue weighted by atomic mass is 35.5. The number of Topliss-reactive ketones (excluding diaryl/α,β-unsaturated/α-hetero) is 1. The molecule has 1 aliphatic heterocycles. The lowest BCUT2D eigenvalue weighted by Crippen LogP contribution is -2.48. The fraction of sp³-hybridized carbons (Fsp3) is 0.129. The van der Waals surface area contributed by atoms with Crippen LogP contribution in [0, 0.1) is 11.7 Å². The highest BCUT2D eigenvalue weighted by Gasteiger charge is 2.56. The number of hydrogen-bond acceptors (Lipinski definition) is 4. The molecule has 1 aliphatic rings. The number of carbonyl (C=O) groups is 3. The molecule has 3 aromatic carbocycles. The van der Waals surface area contributed by atoms with Crippen molar-refractivity contribution >= 4 is 46.6 Å². The average Bonchev–Trinajstić information content (AvgIpc) is 3.58. The summed E-state index contributed by atoms with van der Waals surface area (Å²) in [6, 6.07) is 22.9. The molecule has 0 spiro atoms. The first-order chi connectivity index (χ1) is 18.8. The SMILES string of the molecule is NC(=O)C1C(c2cccs2)C(C(=O)c2cccc(Cl)c2)C(C=Cc2ccccc2)N1C(=O)c1cccc(F)c1. The van der Waals surface area contributed by atoms with Crippen molar-refractivity contribution in [3.8, 4) is 0 Å². The van der Waals surface area contributed by atoms with Crippen LogP contribution in [0.15, 0.2) is 102 Å². The summed E-state index contributed by atoms with van der Waals surface area (Å²) in [7, 11) is 0. The van der Waals surface area contributed by atoms with Crippen LogP contribution < -0.4 is 5.73 Å². The predicted octanol–water partition coefficient (Wildman–Crippen LogP) is 6.22. The van der Waals surface area contributed by atoms with Gasteiger partial charge in [-0.15, -0.1) is 11.3 Å². The van der Waals surface area contributed by atoms with E-state index >= 15 is 0 Å². The Labute approximate surface area is 234 Å². The van der Waals surface area contributed by atoms with Crippen LogP contribution >= 0.6 is 22.9 Å². The Kier molecular flexibility index (Phi) is 7.72. The lowest BCUT2D eigenvalue weighted by atomic mass is 9.80. The Morgan fingerprint density at radius 3 is 2.31 bits per heavy atom. The highest BCUT2D eigenvalue weighted by Crippen LogP contribution is 2.47. The molecule has 4 aromatic rings. The number of rotatable bonds is 7. The summed E-state index contributed by atoms with van der Waals surface area (Å²) in [6.07, 6.45) is 3.56. The quantitative estimate of drug-likeness (QED) is 0.274. The van der Waals surface area contributed by atoms with Gasteiger partial charge in [-0.2, -0.15) is 0 Å². The Balaban J connectivity index is 1.71. The topological polar surface area (TPSA) is 80.5 Å². The molecule has 2 N–H and O–H groups in total. The van der Waals surface area contributed by atoms with Crippen molar-refractivity contribution in [2.75, 3.05) is 0 Å². The summed E-state index contributed by atoms with van der Waals surface area (Å²) in [5.74, 6) is -3.80. The molecule has 0 aliphatic carbocycles. The van der Waals surface area contributed by atoms with Gasteiger partial charge in [0, 0.05) is 26.9 Å². The third-order valence-electron chi connectivity index (χ3n) is 6.88. The Hall–Kier alpha value is -4.07.